The van der Waals surface area contributed by atoms with Gasteiger partial charge in [0.1, 0.15) is 0 Å². The van der Waals surface area contributed by atoms with E-state index in [1.54, 1.807) is 17.4 Å². The van der Waals surface area contributed by atoms with E-state index in [0.717, 1.165) is 30.8 Å². The van der Waals surface area contributed by atoms with Gasteiger partial charge in [0.05, 0.1) is 0 Å². The second-order valence-electron chi connectivity index (χ2n) is 4.30. The van der Waals surface area contributed by atoms with Gasteiger partial charge in [0, 0.05) is 30.6 Å². The van der Waals surface area contributed by atoms with Gasteiger partial charge in [-0.25, -0.2) is 0 Å². The first-order valence-electron chi connectivity index (χ1n) is 5.96. The Morgan fingerprint density at radius 3 is 3.18 bits per heavy atom. The summed E-state index contributed by atoms with van der Waals surface area (Å²) in [6.45, 7) is 1.98. The van der Waals surface area contributed by atoms with Gasteiger partial charge in [-0.3, -0.25) is 4.79 Å². The van der Waals surface area contributed by atoms with Gasteiger partial charge in [-0.1, -0.05) is 6.07 Å². The van der Waals surface area contributed by atoms with Crippen molar-refractivity contribution in [1.82, 2.24) is 10.2 Å². The van der Waals surface area contributed by atoms with Gasteiger partial charge < -0.3 is 10.2 Å². The molecule has 1 amide bonds. The second-order valence-corrected chi connectivity index (χ2v) is 5.28. The largest absolute Gasteiger partial charge is 0.338 e. The molecule has 1 aromatic rings. The molecular formula is C13H18N2OS. The van der Waals surface area contributed by atoms with Gasteiger partial charge in [-0.05, 0) is 36.9 Å². The summed E-state index contributed by atoms with van der Waals surface area (Å²) in [4.78, 5) is 14.9. The highest BCUT2D eigenvalue weighted by atomic mass is 32.1. The van der Waals surface area contributed by atoms with E-state index in [2.05, 4.69) is 5.32 Å². The van der Waals surface area contributed by atoms with Crippen LogP contribution in [0, 0.1) is 0 Å². The number of hydrogen-bond acceptors (Lipinski definition) is 3. The number of nitrogens with zero attached hydrogens (tertiary/aromatic N) is 1. The Morgan fingerprint density at radius 1 is 1.65 bits per heavy atom. The highest BCUT2D eigenvalue weighted by molar-refractivity contribution is 7.10. The Balaban J connectivity index is 1.90. The van der Waals surface area contributed by atoms with Crippen LogP contribution >= 0.6 is 11.3 Å². The SMILES string of the molecule is CN(C(=O)C=Cc1cccs1)C1CCCNC1. The van der Waals surface area contributed by atoms with Crippen LogP contribution in [-0.2, 0) is 4.79 Å². The summed E-state index contributed by atoms with van der Waals surface area (Å²) in [6.07, 6.45) is 5.80. The lowest BCUT2D eigenvalue weighted by molar-refractivity contribution is -0.127. The number of piperidine rings is 1. The normalized spacial score (nSPS) is 20.6. The van der Waals surface area contributed by atoms with Crippen LogP contribution in [0.5, 0.6) is 0 Å². The number of rotatable bonds is 3. The van der Waals surface area contributed by atoms with Crippen LogP contribution < -0.4 is 5.32 Å². The quantitative estimate of drug-likeness (QED) is 0.832. The Bertz CT molecular complexity index is 380. The van der Waals surface area contributed by atoms with Crippen LogP contribution in [0.15, 0.2) is 23.6 Å². The molecule has 1 aliphatic heterocycles. The molecule has 0 aromatic carbocycles. The van der Waals surface area contributed by atoms with Crippen molar-refractivity contribution in [2.45, 2.75) is 18.9 Å². The van der Waals surface area contributed by atoms with Crippen LogP contribution in [0.1, 0.15) is 17.7 Å². The molecule has 1 aromatic heterocycles. The highest BCUT2D eigenvalue weighted by Crippen LogP contribution is 2.12. The fourth-order valence-corrected chi connectivity index (χ4v) is 2.62. The molecule has 17 heavy (non-hydrogen) atoms. The van der Waals surface area contributed by atoms with E-state index in [-0.39, 0.29) is 5.91 Å². The van der Waals surface area contributed by atoms with Crippen molar-refractivity contribution in [2.75, 3.05) is 20.1 Å². The van der Waals surface area contributed by atoms with Gasteiger partial charge in [0.15, 0.2) is 0 Å². The average molecular weight is 250 g/mol. The number of likely N-dealkylation sites (N-methyl/N-ethyl adjacent to an activating group) is 1. The Labute approximate surface area is 106 Å². The zero-order valence-corrected chi connectivity index (χ0v) is 10.9. The molecule has 1 aliphatic rings. The molecular weight excluding hydrogens is 232 g/mol. The first-order chi connectivity index (χ1) is 8.27. The Hall–Kier alpha value is -1.13. The maximum absolute atomic E-state index is 12.0. The third-order valence-electron chi connectivity index (χ3n) is 3.10. The molecule has 1 N–H and O–H groups in total. The molecule has 1 unspecified atom stereocenters. The molecule has 0 saturated carbocycles. The predicted octanol–water partition coefficient (Wildman–Crippen LogP) is 1.97. The molecule has 0 spiro atoms. The summed E-state index contributed by atoms with van der Waals surface area (Å²) in [7, 11) is 1.89. The number of carbonyl (C=O) groups is 1. The van der Waals surface area contributed by atoms with E-state index in [4.69, 9.17) is 0 Å². The molecule has 92 valence electrons. The number of amides is 1. The molecule has 1 saturated heterocycles. The van der Waals surface area contributed by atoms with Crippen LogP contribution in [0.3, 0.4) is 0 Å². The first-order valence-corrected chi connectivity index (χ1v) is 6.84. The van der Waals surface area contributed by atoms with E-state index >= 15 is 0 Å². The minimum atomic E-state index is 0.0899. The van der Waals surface area contributed by atoms with Crippen LogP contribution in [0.4, 0.5) is 0 Å². The fourth-order valence-electron chi connectivity index (χ4n) is 2.00. The van der Waals surface area contributed by atoms with E-state index < -0.39 is 0 Å². The topological polar surface area (TPSA) is 32.3 Å². The molecule has 1 atom stereocenters. The zero-order valence-electron chi connectivity index (χ0n) is 10.1. The third-order valence-corrected chi connectivity index (χ3v) is 3.94. The van der Waals surface area contributed by atoms with Gasteiger partial charge in [0.2, 0.25) is 5.91 Å². The van der Waals surface area contributed by atoms with Crippen molar-refractivity contribution in [1.29, 1.82) is 0 Å². The number of carbonyl (C=O) groups excluding carboxylic acids is 1. The Kier molecular flexibility index (Phi) is 4.34. The van der Waals surface area contributed by atoms with Crippen LogP contribution in [0.25, 0.3) is 6.08 Å². The monoisotopic (exact) mass is 250 g/mol. The maximum atomic E-state index is 12.0. The van der Waals surface area contributed by atoms with Crippen LogP contribution in [-0.4, -0.2) is 37.0 Å². The molecule has 0 bridgehead atoms. The summed E-state index contributed by atoms with van der Waals surface area (Å²) >= 11 is 1.64. The summed E-state index contributed by atoms with van der Waals surface area (Å²) < 4.78 is 0. The van der Waals surface area contributed by atoms with Gasteiger partial charge >= 0.3 is 0 Å². The molecule has 0 aliphatic carbocycles. The van der Waals surface area contributed by atoms with Crippen molar-refractivity contribution >= 4 is 23.3 Å². The summed E-state index contributed by atoms with van der Waals surface area (Å²) in [5.74, 6) is 0.0899. The summed E-state index contributed by atoms with van der Waals surface area (Å²) in [6, 6.07) is 4.34. The second kappa shape index (κ2) is 5.98. The molecule has 1 fully saturated rings. The fraction of sp³-hybridized carbons (Fsp3) is 0.462. The van der Waals surface area contributed by atoms with E-state index in [1.807, 2.05) is 35.5 Å². The third kappa shape index (κ3) is 3.41. The standard InChI is InChI=1S/C13H18N2OS/c1-15(11-4-2-8-14-10-11)13(16)7-6-12-5-3-9-17-12/h3,5-7,9,11,14H,2,4,8,10H2,1H3. The zero-order chi connectivity index (χ0) is 12.1. The van der Waals surface area contributed by atoms with Gasteiger partial charge in [0.25, 0.3) is 0 Å². The number of hydrogen-bond donors (Lipinski definition) is 1. The van der Waals surface area contributed by atoms with Crippen molar-refractivity contribution in [3.8, 4) is 0 Å². The van der Waals surface area contributed by atoms with E-state index in [9.17, 15) is 4.79 Å². The molecule has 3 nitrogen and oxygen atoms in total. The van der Waals surface area contributed by atoms with E-state index in [1.165, 1.54) is 0 Å². The lowest BCUT2D eigenvalue weighted by atomic mass is 10.1. The van der Waals surface area contributed by atoms with Gasteiger partial charge in [-0.2, -0.15) is 0 Å². The smallest absolute Gasteiger partial charge is 0.246 e. The minimum absolute atomic E-state index is 0.0899. The molecule has 4 heteroatoms. The summed E-state index contributed by atoms with van der Waals surface area (Å²) in [5.41, 5.74) is 0. The first kappa shape index (κ1) is 12.3. The lowest BCUT2D eigenvalue weighted by Gasteiger charge is -2.30. The lowest BCUT2D eigenvalue weighted by Crippen LogP contribution is -2.46. The molecule has 2 rings (SSSR count). The minimum Gasteiger partial charge on any atom is -0.338 e. The molecule has 2 heterocycles. The van der Waals surface area contributed by atoms with Crippen molar-refractivity contribution in [2.24, 2.45) is 0 Å². The van der Waals surface area contributed by atoms with E-state index in [0.29, 0.717) is 6.04 Å². The molecule has 0 radical (unpaired) electrons. The van der Waals surface area contributed by atoms with Crippen molar-refractivity contribution in [3.63, 3.8) is 0 Å². The predicted molar refractivity (Wildman–Crippen MR) is 72.0 cm³/mol. The van der Waals surface area contributed by atoms with Crippen LogP contribution in [0.2, 0.25) is 0 Å². The average Bonchev–Trinajstić information content (AvgIpc) is 2.89. The van der Waals surface area contributed by atoms with Gasteiger partial charge in [-0.15, -0.1) is 11.3 Å². The maximum Gasteiger partial charge on any atom is 0.246 e. The van der Waals surface area contributed by atoms with Crippen molar-refractivity contribution < 1.29 is 4.79 Å². The number of thiophene rings is 1. The summed E-state index contributed by atoms with van der Waals surface area (Å²) in [5, 5.41) is 5.34. The highest BCUT2D eigenvalue weighted by Gasteiger charge is 2.20. The number of nitrogens with one attached hydrogen (secondary N) is 1. The van der Waals surface area contributed by atoms with Crippen molar-refractivity contribution in [3.05, 3.63) is 28.5 Å². The Morgan fingerprint density at radius 2 is 2.53 bits per heavy atom.